The van der Waals surface area contributed by atoms with Gasteiger partial charge in [0, 0.05) is 16.8 Å². The molecule has 0 spiro atoms. The summed E-state index contributed by atoms with van der Waals surface area (Å²) in [4.78, 5) is 24.6. The zero-order valence-corrected chi connectivity index (χ0v) is 12.5. The van der Waals surface area contributed by atoms with Crippen LogP contribution in [0.25, 0.3) is 0 Å². The van der Waals surface area contributed by atoms with E-state index in [1.165, 1.54) is 12.1 Å². The first-order valence-corrected chi connectivity index (χ1v) is 7.20. The minimum absolute atomic E-state index is 0.176. The molecule has 1 atom stereocenters. The number of benzene rings is 2. The lowest BCUT2D eigenvalue weighted by Gasteiger charge is -2.28. The van der Waals surface area contributed by atoms with Crippen molar-refractivity contribution in [2.75, 3.05) is 0 Å². The number of nitrogens with one attached hydrogen (secondary N) is 2. The maximum atomic E-state index is 13.1. The third-order valence-electron chi connectivity index (χ3n) is 3.75. The first-order valence-electron chi connectivity index (χ1n) is 7.20. The molecule has 116 valence electrons. The summed E-state index contributed by atoms with van der Waals surface area (Å²) in [5, 5.41) is 5.36. The molecule has 0 radical (unpaired) electrons. The molecule has 0 bridgehead atoms. The van der Waals surface area contributed by atoms with E-state index in [-0.39, 0.29) is 17.6 Å². The van der Waals surface area contributed by atoms with Crippen molar-refractivity contribution in [2.45, 2.75) is 13.0 Å². The molecule has 0 aromatic heterocycles. The first-order chi connectivity index (χ1) is 11.1. The zero-order valence-electron chi connectivity index (χ0n) is 12.5. The second-order valence-corrected chi connectivity index (χ2v) is 5.32. The number of rotatable bonds is 3. The van der Waals surface area contributed by atoms with Crippen molar-refractivity contribution in [1.29, 1.82) is 0 Å². The van der Waals surface area contributed by atoms with Crippen LogP contribution >= 0.6 is 0 Å². The summed E-state index contributed by atoms with van der Waals surface area (Å²) in [6, 6.07) is 13.6. The molecule has 1 aliphatic rings. The third kappa shape index (κ3) is 2.99. The molecule has 3 rings (SSSR count). The number of amides is 2. The summed E-state index contributed by atoms with van der Waals surface area (Å²) in [5.74, 6) is -0.546. The highest BCUT2D eigenvalue weighted by atomic mass is 19.1. The van der Waals surface area contributed by atoms with Crippen molar-refractivity contribution in [3.05, 3.63) is 82.8 Å². The van der Waals surface area contributed by atoms with Crippen molar-refractivity contribution in [2.24, 2.45) is 0 Å². The third-order valence-corrected chi connectivity index (χ3v) is 3.75. The Morgan fingerprint density at radius 1 is 1.04 bits per heavy atom. The lowest BCUT2D eigenvalue weighted by molar-refractivity contribution is 0.102. The molecule has 1 aliphatic heterocycles. The van der Waals surface area contributed by atoms with Gasteiger partial charge in [0.1, 0.15) is 5.82 Å². The molecule has 0 aliphatic carbocycles. The van der Waals surface area contributed by atoms with Crippen LogP contribution in [-0.4, -0.2) is 11.8 Å². The van der Waals surface area contributed by atoms with Gasteiger partial charge in [0.2, 0.25) is 0 Å². The predicted molar refractivity (Wildman–Crippen MR) is 84.3 cm³/mol. The largest absolute Gasteiger partial charge is 0.327 e. The Morgan fingerprint density at radius 2 is 1.70 bits per heavy atom. The Bertz CT molecular complexity index is 782. The van der Waals surface area contributed by atoms with Gasteiger partial charge in [-0.05, 0) is 24.6 Å². The van der Waals surface area contributed by atoms with E-state index in [4.69, 9.17) is 0 Å². The molecule has 0 fully saturated rings. The van der Waals surface area contributed by atoms with Crippen molar-refractivity contribution in [3.63, 3.8) is 0 Å². The molecule has 2 aromatic rings. The highest BCUT2D eigenvalue weighted by molar-refractivity contribution is 6.11. The Kier molecular flexibility index (Phi) is 3.93. The Balaban J connectivity index is 2.06. The van der Waals surface area contributed by atoms with Crippen molar-refractivity contribution in [1.82, 2.24) is 10.6 Å². The van der Waals surface area contributed by atoms with E-state index in [9.17, 15) is 14.0 Å². The quantitative estimate of drug-likeness (QED) is 0.854. The summed E-state index contributed by atoms with van der Waals surface area (Å²) in [6.45, 7) is 1.69. The Labute approximate surface area is 133 Å². The fraction of sp³-hybridized carbons (Fsp3) is 0.111. The number of carbonyl (C=O) groups excluding carboxylic acids is 2. The summed E-state index contributed by atoms with van der Waals surface area (Å²) < 4.78 is 13.1. The highest BCUT2D eigenvalue weighted by Gasteiger charge is 2.31. The number of halogens is 1. The van der Waals surface area contributed by atoms with Crippen LogP contribution in [0.3, 0.4) is 0 Å². The molecular weight excluding hydrogens is 295 g/mol. The van der Waals surface area contributed by atoms with Gasteiger partial charge in [-0.2, -0.15) is 0 Å². The Morgan fingerprint density at radius 3 is 2.35 bits per heavy atom. The molecule has 23 heavy (non-hydrogen) atoms. The molecular formula is C18H15FN2O2. The SMILES string of the molecule is CC1=C(C(=O)c2ccccc2)[C@@H](c2ccc(F)cc2)NC(=O)N1. The van der Waals surface area contributed by atoms with Crippen LogP contribution in [0.5, 0.6) is 0 Å². The van der Waals surface area contributed by atoms with Crippen LogP contribution in [0.1, 0.15) is 28.9 Å². The molecule has 1 heterocycles. The number of hydrogen-bond acceptors (Lipinski definition) is 2. The summed E-state index contributed by atoms with van der Waals surface area (Å²) in [7, 11) is 0. The van der Waals surface area contributed by atoms with Gasteiger partial charge in [0.25, 0.3) is 0 Å². The van der Waals surface area contributed by atoms with Crippen LogP contribution in [0.15, 0.2) is 65.9 Å². The summed E-state index contributed by atoms with van der Waals surface area (Å²) in [6.07, 6.45) is 0. The van der Waals surface area contributed by atoms with Crippen LogP contribution < -0.4 is 10.6 Å². The average molecular weight is 310 g/mol. The number of ketones is 1. The Hall–Kier alpha value is -2.95. The van der Waals surface area contributed by atoms with Crippen molar-refractivity contribution >= 4 is 11.8 Å². The molecule has 0 saturated heterocycles. The van der Waals surface area contributed by atoms with E-state index < -0.39 is 6.04 Å². The van der Waals surface area contributed by atoms with Gasteiger partial charge in [0.15, 0.2) is 5.78 Å². The molecule has 2 N–H and O–H groups in total. The standard InChI is InChI=1S/C18H15FN2O2/c1-11-15(17(22)13-5-3-2-4-6-13)16(21-18(23)20-11)12-7-9-14(19)10-8-12/h2-10,16H,1H3,(H2,20,21,23)/t16-/m1/s1. The van der Waals surface area contributed by atoms with Gasteiger partial charge in [-0.3, -0.25) is 4.79 Å². The zero-order chi connectivity index (χ0) is 16.4. The topological polar surface area (TPSA) is 58.2 Å². The fourth-order valence-corrected chi connectivity index (χ4v) is 2.65. The van der Waals surface area contributed by atoms with E-state index in [0.717, 1.165) is 0 Å². The number of carbonyl (C=O) groups is 2. The van der Waals surface area contributed by atoms with E-state index in [1.807, 2.05) is 6.07 Å². The van der Waals surface area contributed by atoms with Gasteiger partial charge in [0.05, 0.1) is 6.04 Å². The minimum Gasteiger partial charge on any atom is -0.327 e. The average Bonchev–Trinajstić information content (AvgIpc) is 2.55. The molecule has 4 nitrogen and oxygen atoms in total. The second kappa shape index (κ2) is 6.04. The minimum atomic E-state index is -0.614. The maximum Gasteiger partial charge on any atom is 0.319 e. The molecule has 0 saturated carbocycles. The highest BCUT2D eigenvalue weighted by Crippen LogP contribution is 2.29. The first kappa shape index (κ1) is 15.0. The monoisotopic (exact) mass is 310 g/mol. The fourth-order valence-electron chi connectivity index (χ4n) is 2.65. The number of allylic oxidation sites excluding steroid dienone is 1. The molecule has 5 heteroatoms. The number of urea groups is 1. The van der Waals surface area contributed by atoms with Gasteiger partial charge in [-0.25, -0.2) is 9.18 Å². The van der Waals surface area contributed by atoms with Crippen LogP contribution in [0.4, 0.5) is 9.18 Å². The molecule has 0 unspecified atom stereocenters. The number of hydrogen-bond donors (Lipinski definition) is 2. The second-order valence-electron chi connectivity index (χ2n) is 5.32. The van der Waals surface area contributed by atoms with Gasteiger partial charge >= 0.3 is 6.03 Å². The van der Waals surface area contributed by atoms with E-state index in [1.54, 1.807) is 43.3 Å². The van der Waals surface area contributed by atoms with Crippen LogP contribution in [-0.2, 0) is 0 Å². The van der Waals surface area contributed by atoms with Gasteiger partial charge in [-0.15, -0.1) is 0 Å². The number of Topliss-reactive ketones (excluding diaryl/α,β-unsaturated/α-hetero) is 1. The summed E-state index contributed by atoms with van der Waals surface area (Å²) in [5.41, 5.74) is 2.13. The van der Waals surface area contributed by atoms with Crippen LogP contribution in [0, 0.1) is 5.82 Å². The van der Waals surface area contributed by atoms with Gasteiger partial charge < -0.3 is 10.6 Å². The molecule has 2 aromatic carbocycles. The van der Waals surface area contributed by atoms with Crippen molar-refractivity contribution in [3.8, 4) is 0 Å². The van der Waals surface area contributed by atoms with E-state index in [0.29, 0.717) is 22.4 Å². The lowest BCUT2D eigenvalue weighted by Crippen LogP contribution is -2.45. The maximum absolute atomic E-state index is 13.1. The summed E-state index contributed by atoms with van der Waals surface area (Å²) >= 11 is 0. The molecule has 2 amide bonds. The van der Waals surface area contributed by atoms with E-state index >= 15 is 0 Å². The van der Waals surface area contributed by atoms with Crippen LogP contribution in [0.2, 0.25) is 0 Å². The van der Waals surface area contributed by atoms with E-state index in [2.05, 4.69) is 10.6 Å². The normalized spacial score (nSPS) is 17.5. The smallest absolute Gasteiger partial charge is 0.319 e. The lowest BCUT2D eigenvalue weighted by atomic mass is 9.89. The van der Waals surface area contributed by atoms with Gasteiger partial charge in [-0.1, -0.05) is 42.5 Å². The predicted octanol–water partition coefficient (Wildman–Crippen LogP) is 3.34. The van der Waals surface area contributed by atoms with Crippen molar-refractivity contribution < 1.29 is 14.0 Å².